The lowest BCUT2D eigenvalue weighted by atomic mass is 9.75. The number of hydrogen-bond donors (Lipinski definition) is 2. The van der Waals surface area contributed by atoms with E-state index < -0.39 is 5.60 Å². The third-order valence-electron chi connectivity index (χ3n) is 4.08. The standard InChI is InChI=1S/C15H22O2/c1-2-12-7-9-15(17,10-8-12)11-13-3-5-14(16)6-4-13/h3-6,12,16-17H,2,7-11H2,1H3. The lowest BCUT2D eigenvalue weighted by Gasteiger charge is -2.36. The molecule has 17 heavy (non-hydrogen) atoms. The molecule has 1 saturated carbocycles. The third kappa shape index (κ3) is 3.22. The SMILES string of the molecule is CCC1CCC(O)(Cc2ccc(O)cc2)CC1. The number of aromatic hydroxyl groups is 1. The molecule has 0 spiro atoms. The summed E-state index contributed by atoms with van der Waals surface area (Å²) in [6.07, 6.45) is 6.05. The molecule has 94 valence electrons. The molecule has 2 heteroatoms. The molecule has 2 rings (SSSR count). The molecule has 0 amide bonds. The van der Waals surface area contributed by atoms with Gasteiger partial charge in [0.25, 0.3) is 0 Å². The molecule has 0 heterocycles. The summed E-state index contributed by atoms with van der Waals surface area (Å²) in [6, 6.07) is 7.19. The zero-order valence-electron chi connectivity index (χ0n) is 10.5. The molecule has 0 radical (unpaired) electrons. The number of hydrogen-bond acceptors (Lipinski definition) is 2. The summed E-state index contributed by atoms with van der Waals surface area (Å²) in [5.41, 5.74) is 0.586. The molecule has 2 nitrogen and oxygen atoms in total. The topological polar surface area (TPSA) is 40.5 Å². The Bertz CT molecular complexity index is 348. The van der Waals surface area contributed by atoms with E-state index in [1.807, 2.05) is 12.1 Å². The smallest absolute Gasteiger partial charge is 0.115 e. The first-order valence-electron chi connectivity index (χ1n) is 6.61. The highest BCUT2D eigenvalue weighted by atomic mass is 16.3. The van der Waals surface area contributed by atoms with Crippen molar-refractivity contribution in [2.45, 2.75) is 51.0 Å². The Labute approximate surface area is 103 Å². The lowest BCUT2D eigenvalue weighted by Crippen LogP contribution is -2.36. The first-order chi connectivity index (χ1) is 8.11. The highest BCUT2D eigenvalue weighted by Crippen LogP contribution is 2.35. The largest absolute Gasteiger partial charge is 0.508 e. The van der Waals surface area contributed by atoms with Crippen molar-refractivity contribution in [1.82, 2.24) is 0 Å². The maximum absolute atomic E-state index is 10.5. The van der Waals surface area contributed by atoms with Gasteiger partial charge in [-0.25, -0.2) is 0 Å². The Kier molecular flexibility index (Phi) is 3.72. The maximum Gasteiger partial charge on any atom is 0.115 e. The first-order valence-corrected chi connectivity index (χ1v) is 6.61. The molecule has 0 bridgehead atoms. The molecule has 0 atom stereocenters. The highest BCUT2D eigenvalue weighted by Gasteiger charge is 2.32. The minimum absolute atomic E-state index is 0.287. The number of benzene rings is 1. The zero-order valence-corrected chi connectivity index (χ0v) is 10.5. The van der Waals surface area contributed by atoms with Gasteiger partial charge in [0.2, 0.25) is 0 Å². The van der Waals surface area contributed by atoms with Crippen LogP contribution in [0.4, 0.5) is 0 Å². The highest BCUT2D eigenvalue weighted by molar-refractivity contribution is 5.27. The molecule has 0 aliphatic heterocycles. The molecule has 0 aromatic heterocycles. The fraction of sp³-hybridized carbons (Fsp3) is 0.600. The molecular formula is C15H22O2. The minimum Gasteiger partial charge on any atom is -0.508 e. The predicted molar refractivity (Wildman–Crippen MR) is 69.0 cm³/mol. The second-order valence-corrected chi connectivity index (χ2v) is 5.42. The van der Waals surface area contributed by atoms with E-state index in [1.165, 1.54) is 6.42 Å². The van der Waals surface area contributed by atoms with Crippen LogP contribution in [0.5, 0.6) is 5.75 Å². The van der Waals surface area contributed by atoms with Crippen LogP contribution in [0.1, 0.15) is 44.6 Å². The van der Waals surface area contributed by atoms with Gasteiger partial charge >= 0.3 is 0 Å². The van der Waals surface area contributed by atoms with Gasteiger partial charge in [-0.05, 0) is 49.3 Å². The molecule has 1 fully saturated rings. The van der Waals surface area contributed by atoms with Crippen LogP contribution < -0.4 is 0 Å². The fourth-order valence-corrected chi connectivity index (χ4v) is 2.79. The van der Waals surface area contributed by atoms with Crippen molar-refractivity contribution in [2.75, 3.05) is 0 Å². The van der Waals surface area contributed by atoms with Crippen molar-refractivity contribution in [3.8, 4) is 5.75 Å². The van der Waals surface area contributed by atoms with Gasteiger partial charge in [0.05, 0.1) is 5.60 Å². The molecule has 1 aromatic carbocycles. The van der Waals surface area contributed by atoms with Gasteiger partial charge in [-0.1, -0.05) is 25.5 Å². The summed E-state index contributed by atoms with van der Waals surface area (Å²) >= 11 is 0. The van der Waals surface area contributed by atoms with Crippen LogP contribution in [0, 0.1) is 5.92 Å². The quantitative estimate of drug-likeness (QED) is 0.842. The van der Waals surface area contributed by atoms with Crippen molar-refractivity contribution in [1.29, 1.82) is 0 Å². The van der Waals surface area contributed by atoms with Crippen LogP contribution in [-0.4, -0.2) is 15.8 Å². The Hall–Kier alpha value is -1.02. The zero-order chi connectivity index (χ0) is 12.3. The summed E-state index contributed by atoms with van der Waals surface area (Å²) in [5.74, 6) is 1.09. The first kappa shape index (κ1) is 12.4. The summed E-state index contributed by atoms with van der Waals surface area (Å²) in [7, 11) is 0. The van der Waals surface area contributed by atoms with E-state index in [-0.39, 0.29) is 5.75 Å². The predicted octanol–water partition coefficient (Wildman–Crippen LogP) is 3.27. The molecule has 0 saturated heterocycles. The average Bonchev–Trinajstić information content (AvgIpc) is 2.33. The van der Waals surface area contributed by atoms with Crippen LogP contribution in [0.25, 0.3) is 0 Å². The second-order valence-electron chi connectivity index (χ2n) is 5.42. The summed E-state index contributed by atoms with van der Waals surface area (Å²) < 4.78 is 0. The van der Waals surface area contributed by atoms with Crippen LogP contribution in [0.15, 0.2) is 24.3 Å². The van der Waals surface area contributed by atoms with E-state index >= 15 is 0 Å². The van der Waals surface area contributed by atoms with Crippen molar-refractivity contribution in [3.63, 3.8) is 0 Å². The lowest BCUT2D eigenvalue weighted by molar-refractivity contribution is -0.00922. The van der Waals surface area contributed by atoms with E-state index in [0.29, 0.717) is 6.42 Å². The Morgan fingerprint density at radius 3 is 2.29 bits per heavy atom. The van der Waals surface area contributed by atoms with Crippen molar-refractivity contribution >= 4 is 0 Å². The molecule has 2 N–H and O–H groups in total. The third-order valence-corrected chi connectivity index (χ3v) is 4.08. The van der Waals surface area contributed by atoms with Gasteiger partial charge in [-0.15, -0.1) is 0 Å². The van der Waals surface area contributed by atoms with Gasteiger partial charge < -0.3 is 10.2 Å². The van der Waals surface area contributed by atoms with Crippen molar-refractivity contribution < 1.29 is 10.2 Å². The van der Waals surface area contributed by atoms with Gasteiger partial charge in [0.1, 0.15) is 5.75 Å². The second kappa shape index (κ2) is 5.09. The van der Waals surface area contributed by atoms with Crippen LogP contribution in [0.2, 0.25) is 0 Å². The van der Waals surface area contributed by atoms with E-state index in [9.17, 15) is 10.2 Å². The number of phenolic OH excluding ortho intramolecular Hbond substituents is 1. The molecule has 1 aliphatic rings. The van der Waals surface area contributed by atoms with Gasteiger partial charge in [-0.3, -0.25) is 0 Å². The van der Waals surface area contributed by atoms with E-state index in [0.717, 1.165) is 37.2 Å². The van der Waals surface area contributed by atoms with Gasteiger partial charge in [0.15, 0.2) is 0 Å². The number of phenols is 1. The minimum atomic E-state index is -0.525. The fourth-order valence-electron chi connectivity index (χ4n) is 2.79. The Morgan fingerprint density at radius 2 is 1.76 bits per heavy atom. The van der Waals surface area contributed by atoms with Crippen LogP contribution in [0.3, 0.4) is 0 Å². The van der Waals surface area contributed by atoms with Gasteiger partial charge in [-0.2, -0.15) is 0 Å². The number of aliphatic hydroxyl groups is 1. The van der Waals surface area contributed by atoms with Crippen LogP contribution >= 0.6 is 0 Å². The van der Waals surface area contributed by atoms with Crippen LogP contribution in [-0.2, 0) is 6.42 Å². The summed E-state index contributed by atoms with van der Waals surface area (Å²) in [6.45, 7) is 2.23. The van der Waals surface area contributed by atoms with Crippen molar-refractivity contribution in [2.24, 2.45) is 5.92 Å². The Balaban J connectivity index is 1.96. The van der Waals surface area contributed by atoms with Crippen molar-refractivity contribution in [3.05, 3.63) is 29.8 Å². The normalized spacial score (nSPS) is 29.2. The van der Waals surface area contributed by atoms with Gasteiger partial charge in [0, 0.05) is 6.42 Å². The molecule has 1 aliphatic carbocycles. The van der Waals surface area contributed by atoms with E-state index in [1.54, 1.807) is 12.1 Å². The Morgan fingerprint density at radius 1 is 1.18 bits per heavy atom. The molecule has 1 aromatic rings. The maximum atomic E-state index is 10.5. The summed E-state index contributed by atoms with van der Waals surface area (Å²) in [5, 5.41) is 19.8. The monoisotopic (exact) mass is 234 g/mol. The van der Waals surface area contributed by atoms with E-state index in [4.69, 9.17) is 0 Å². The molecule has 0 unspecified atom stereocenters. The average molecular weight is 234 g/mol. The molecular weight excluding hydrogens is 212 g/mol. The summed E-state index contributed by atoms with van der Waals surface area (Å²) in [4.78, 5) is 0. The van der Waals surface area contributed by atoms with E-state index in [2.05, 4.69) is 6.92 Å². The number of rotatable bonds is 3.